The molecule has 2 heterocycles. The van der Waals surface area contributed by atoms with Gasteiger partial charge < -0.3 is 24.3 Å². The number of carbonyl (C=O) groups excluding carboxylic acids is 1. The van der Waals surface area contributed by atoms with E-state index in [9.17, 15) is 4.79 Å². The van der Waals surface area contributed by atoms with Crippen molar-refractivity contribution in [1.82, 2.24) is 5.32 Å². The number of hydrogen-bond donors (Lipinski definition) is 1. The fourth-order valence-corrected chi connectivity index (χ4v) is 4.82. The quantitative estimate of drug-likeness (QED) is 0.801. The number of benzene rings is 1. The highest BCUT2D eigenvalue weighted by Gasteiger charge is 2.50. The van der Waals surface area contributed by atoms with E-state index in [1.807, 2.05) is 0 Å². The van der Waals surface area contributed by atoms with Gasteiger partial charge in [0.1, 0.15) is 0 Å². The SMILES string of the molecule is COc1cc2c(cc1OC)C(=O)C(F)(CC(C1CCNCC1)C1OCCO1)C2. The summed E-state index contributed by atoms with van der Waals surface area (Å²) in [5.74, 6) is 0.612. The first kappa shape index (κ1) is 19.6. The molecule has 6 nitrogen and oxygen atoms in total. The smallest absolute Gasteiger partial charge is 0.200 e. The molecule has 1 aromatic rings. The number of ketones is 1. The van der Waals surface area contributed by atoms with Crippen LogP contribution in [0.3, 0.4) is 0 Å². The van der Waals surface area contributed by atoms with E-state index in [2.05, 4.69) is 5.32 Å². The summed E-state index contributed by atoms with van der Waals surface area (Å²) in [5, 5.41) is 3.34. The van der Waals surface area contributed by atoms with Crippen LogP contribution >= 0.6 is 0 Å². The van der Waals surface area contributed by atoms with Crippen molar-refractivity contribution < 1.29 is 28.1 Å². The number of alkyl halides is 1. The second-order valence-corrected chi connectivity index (χ2v) is 7.90. The average Bonchev–Trinajstić information content (AvgIpc) is 3.33. The van der Waals surface area contributed by atoms with E-state index in [1.54, 1.807) is 12.1 Å². The molecule has 0 amide bonds. The number of rotatable bonds is 6. The second kappa shape index (κ2) is 7.97. The lowest BCUT2D eigenvalue weighted by molar-refractivity contribution is -0.114. The summed E-state index contributed by atoms with van der Waals surface area (Å²) < 4.78 is 38.2. The summed E-state index contributed by atoms with van der Waals surface area (Å²) in [6.07, 6.45) is 1.60. The highest BCUT2D eigenvalue weighted by molar-refractivity contribution is 6.07. The molecule has 1 aromatic carbocycles. The van der Waals surface area contributed by atoms with Crippen molar-refractivity contribution in [1.29, 1.82) is 0 Å². The highest BCUT2D eigenvalue weighted by atomic mass is 19.1. The molecule has 2 atom stereocenters. The number of carbonyl (C=O) groups is 1. The predicted octanol–water partition coefficient (Wildman–Crippen LogP) is 2.53. The van der Waals surface area contributed by atoms with Gasteiger partial charge in [0.25, 0.3) is 0 Å². The van der Waals surface area contributed by atoms with Gasteiger partial charge in [-0.05, 0) is 56.0 Å². The zero-order chi connectivity index (χ0) is 19.7. The van der Waals surface area contributed by atoms with E-state index in [0.717, 1.165) is 25.9 Å². The molecule has 0 bridgehead atoms. The largest absolute Gasteiger partial charge is 0.493 e. The summed E-state index contributed by atoms with van der Waals surface area (Å²) in [7, 11) is 3.04. The third-order valence-corrected chi connectivity index (χ3v) is 6.28. The minimum absolute atomic E-state index is 0.0513. The van der Waals surface area contributed by atoms with Gasteiger partial charge in [-0.3, -0.25) is 4.79 Å². The highest BCUT2D eigenvalue weighted by Crippen LogP contribution is 2.45. The number of halogens is 1. The minimum Gasteiger partial charge on any atom is -0.493 e. The summed E-state index contributed by atoms with van der Waals surface area (Å²) in [6, 6.07) is 3.31. The molecule has 0 saturated carbocycles. The van der Waals surface area contributed by atoms with E-state index in [1.165, 1.54) is 14.2 Å². The molecule has 2 aliphatic heterocycles. The third kappa shape index (κ3) is 3.51. The summed E-state index contributed by atoms with van der Waals surface area (Å²) in [4.78, 5) is 13.1. The maximum Gasteiger partial charge on any atom is 0.200 e. The summed E-state index contributed by atoms with van der Waals surface area (Å²) in [6.45, 7) is 2.84. The van der Waals surface area contributed by atoms with Crippen LogP contribution in [0.2, 0.25) is 0 Å². The normalized spacial score (nSPS) is 27.0. The van der Waals surface area contributed by atoms with Crippen LogP contribution in [-0.2, 0) is 15.9 Å². The number of hydrogen-bond acceptors (Lipinski definition) is 6. The van der Waals surface area contributed by atoms with Gasteiger partial charge in [-0.2, -0.15) is 0 Å². The molecule has 1 aliphatic carbocycles. The first-order valence-corrected chi connectivity index (χ1v) is 9.98. The van der Waals surface area contributed by atoms with Crippen LogP contribution in [0.4, 0.5) is 4.39 Å². The van der Waals surface area contributed by atoms with Gasteiger partial charge >= 0.3 is 0 Å². The van der Waals surface area contributed by atoms with Crippen molar-refractivity contribution in [3.8, 4) is 11.5 Å². The molecule has 0 spiro atoms. The molecule has 2 saturated heterocycles. The zero-order valence-electron chi connectivity index (χ0n) is 16.5. The Morgan fingerprint density at radius 1 is 1.18 bits per heavy atom. The Bertz CT molecular complexity index is 730. The Morgan fingerprint density at radius 3 is 2.46 bits per heavy atom. The number of fused-ring (bicyclic) bond motifs is 1. The molecule has 3 aliphatic rings. The molecule has 0 aromatic heterocycles. The molecule has 2 unspecified atom stereocenters. The van der Waals surface area contributed by atoms with Crippen molar-refractivity contribution >= 4 is 5.78 Å². The standard InChI is InChI=1S/C21H28FNO5/c1-25-17-9-14-11-21(22,19(24)15(14)10-18(17)26-2)12-16(20-27-7-8-28-20)13-3-5-23-6-4-13/h9-10,13,16,20,23H,3-8,11-12H2,1-2H3. The van der Waals surface area contributed by atoms with Gasteiger partial charge in [-0.25, -0.2) is 4.39 Å². The van der Waals surface area contributed by atoms with Crippen molar-refractivity contribution in [2.45, 2.75) is 37.6 Å². The van der Waals surface area contributed by atoms with Gasteiger partial charge in [0.15, 0.2) is 23.5 Å². The second-order valence-electron chi connectivity index (χ2n) is 7.90. The van der Waals surface area contributed by atoms with Gasteiger partial charge in [0.2, 0.25) is 5.78 Å². The maximum atomic E-state index is 16.1. The van der Waals surface area contributed by atoms with Gasteiger partial charge in [0, 0.05) is 17.9 Å². The van der Waals surface area contributed by atoms with Crippen molar-refractivity contribution in [3.63, 3.8) is 0 Å². The molecular weight excluding hydrogens is 365 g/mol. The van der Waals surface area contributed by atoms with Gasteiger partial charge in [-0.15, -0.1) is 0 Å². The van der Waals surface area contributed by atoms with E-state index >= 15 is 4.39 Å². The van der Waals surface area contributed by atoms with E-state index in [0.29, 0.717) is 35.8 Å². The van der Waals surface area contributed by atoms with Crippen LogP contribution in [0.25, 0.3) is 0 Å². The lowest BCUT2D eigenvalue weighted by atomic mass is 9.77. The molecule has 4 rings (SSSR count). The summed E-state index contributed by atoms with van der Waals surface area (Å²) >= 11 is 0. The Hall–Kier alpha value is -1.70. The van der Waals surface area contributed by atoms with Crippen LogP contribution in [0.15, 0.2) is 12.1 Å². The number of methoxy groups -OCH3 is 2. The Balaban J connectivity index is 1.60. The van der Waals surface area contributed by atoms with Crippen LogP contribution in [0, 0.1) is 11.8 Å². The lowest BCUT2D eigenvalue weighted by Gasteiger charge is -2.36. The van der Waals surface area contributed by atoms with Crippen LogP contribution in [0.5, 0.6) is 11.5 Å². The molecular formula is C21H28FNO5. The predicted molar refractivity (Wildman–Crippen MR) is 101 cm³/mol. The fraction of sp³-hybridized carbons (Fsp3) is 0.667. The van der Waals surface area contributed by atoms with Gasteiger partial charge in [-0.1, -0.05) is 0 Å². The third-order valence-electron chi connectivity index (χ3n) is 6.28. The number of Topliss-reactive ketones (excluding diaryl/α,β-unsaturated/α-hetero) is 1. The zero-order valence-corrected chi connectivity index (χ0v) is 16.5. The van der Waals surface area contributed by atoms with Crippen molar-refractivity contribution in [2.75, 3.05) is 40.5 Å². The Kier molecular flexibility index (Phi) is 5.58. The summed E-state index contributed by atoms with van der Waals surface area (Å²) in [5.41, 5.74) is -0.898. The molecule has 2 fully saturated rings. The molecule has 0 radical (unpaired) electrons. The first-order chi connectivity index (χ1) is 13.6. The first-order valence-electron chi connectivity index (χ1n) is 9.98. The molecule has 28 heavy (non-hydrogen) atoms. The van der Waals surface area contributed by atoms with Crippen LogP contribution < -0.4 is 14.8 Å². The monoisotopic (exact) mass is 393 g/mol. The van der Waals surface area contributed by atoms with E-state index in [-0.39, 0.29) is 24.7 Å². The van der Waals surface area contributed by atoms with Crippen molar-refractivity contribution in [2.24, 2.45) is 11.8 Å². The number of ether oxygens (including phenoxy) is 4. The van der Waals surface area contributed by atoms with E-state index in [4.69, 9.17) is 18.9 Å². The topological polar surface area (TPSA) is 66.0 Å². The van der Waals surface area contributed by atoms with Crippen LogP contribution in [0.1, 0.15) is 35.2 Å². The lowest BCUT2D eigenvalue weighted by Crippen LogP contribution is -2.43. The van der Waals surface area contributed by atoms with E-state index < -0.39 is 17.7 Å². The fourth-order valence-electron chi connectivity index (χ4n) is 4.82. The average molecular weight is 393 g/mol. The van der Waals surface area contributed by atoms with Crippen LogP contribution in [-0.4, -0.2) is 58.3 Å². The minimum atomic E-state index is -1.95. The molecule has 7 heteroatoms. The van der Waals surface area contributed by atoms with Crippen molar-refractivity contribution in [3.05, 3.63) is 23.3 Å². The molecule has 154 valence electrons. The maximum absolute atomic E-state index is 16.1. The van der Waals surface area contributed by atoms with Gasteiger partial charge in [0.05, 0.1) is 27.4 Å². The Morgan fingerprint density at radius 2 is 1.82 bits per heavy atom. The Labute approximate surface area is 164 Å². The molecule has 1 N–H and O–H groups in total. The number of piperidine rings is 1. The number of nitrogens with one attached hydrogen (secondary N) is 1.